The van der Waals surface area contributed by atoms with Crippen LogP contribution in [0, 0.1) is 5.82 Å². The Morgan fingerprint density at radius 3 is 2.43 bits per heavy atom. The van der Waals surface area contributed by atoms with E-state index < -0.39 is 0 Å². The largest absolute Gasteiger partial charge is 0.339 e. The first-order chi connectivity index (χ1) is 13.7. The summed E-state index contributed by atoms with van der Waals surface area (Å²) >= 11 is 0. The number of nitrogens with one attached hydrogen (secondary N) is 1. The van der Waals surface area contributed by atoms with Crippen LogP contribution < -0.4 is 5.32 Å². The molecule has 0 bridgehead atoms. The number of carbonyl (C=O) groups excluding carboxylic acids is 1. The van der Waals surface area contributed by atoms with E-state index in [0.29, 0.717) is 13.1 Å². The van der Waals surface area contributed by atoms with Gasteiger partial charge in [-0.05, 0) is 36.2 Å². The zero-order valence-electron chi connectivity index (χ0n) is 16.2. The van der Waals surface area contributed by atoms with Crippen molar-refractivity contribution in [1.82, 2.24) is 15.1 Å². The standard InChI is InChI=1S/C23H28FN3O/c24-22-10-8-21(9-11-22)12-13-25-19-23(28)27-17-15-26(16-18-27)14-4-7-20-5-2-1-3-6-20/h1-11,25H,12-19H2/b7-4+. The molecule has 0 aliphatic carbocycles. The van der Waals surface area contributed by atoms with E-state index in [1.165, 1.54) is 17.7 Å². The monoisotopic (exact) mass is 381 g/mol. The van der Waals surface area contributed by atoms with Gasteiger partial charge in [0.25, 0.3) is 0 Å². The summed E-state index contributed by atoms with van der Waals surface area (Å²) in [5.41, 5.74) is 2.28. The number of nitrogens with zero attached hydrogens (tertiary/aromatic N) is 2. The van der Waals surface area contributed by atoms with E-state index in [4.69, 9.17) is 0 Å². The summed E-state index contributed by atoms with van der Waals surface area (Å²) in [5, 5.41) is 3.20. The Kier molecular flexibility index (Phi) is 7.76. The quantitative estimate of drug-likeness (QED) is 0.715. The van der Waals surface area contributed by atoms with E-state index in [1.807, 2.05) is 23.1 Å². The van der Waals surface area contributed by atoms with Crippen molar-refractivity contribution in [1.29, 1.82) is 0 Å². The number of piperazine rings is 1. The fourth-order valence-electron chi connectivity index (χ4n) is 3.27. The van der Waals surface area contributed by atoms with Crippen LogP contribution in [0.5, 0.6) is 0 Å². The molecule has 0 spiro atoms. The summed E-state index contributed by atoms with van der Waals surface area (Å²) in [7, 11) is 0. The van der Waals surface area contributed by atoms with Crippen LogP contribution in [0.15, 0.2) is 60.7 Å². The third-order valence-corrected chi connectivity index (χ3v) is 4.98. The molecular weight excluding hydrogens is 353 g/mol. The van der Waals surface area contributed by atoms with Gasteiger partial charge in [0, 0.05) is 32.7 Å². The molecule has 1 saturated heterocycles. The van der Waals surface area contributed by atoms with Gasteiger partial charge in [0.15, 0.2) is 0 Å². The van der Waals surface area contributed by atoms with Crippen molar-refractivity contribution in [2.75, 3.05) is 45.8 Å². The molecule has 28 heavy (non-hydrogen) atoms. The van der Waals surface area contributed by atoms with E-state index in [1.54, 1.807) is 12.1 Å². The second kappa shape index (κ2) is 10.7. The van der Waals surface area contributed by atoms with Gasteiger partial charge < -0.3 is 10.2 Å². The molecule has 1 amide bonds. The lowest BCUT2D eigenvalue weighted by Gasteiger charge is -2.34. The Morgan fingerprint density at radius 2 is 1.71 bits per heavy atom. The van der Waals surface area contributed by atoms with Crippen molar-refractivity contribution in [2.45, 2.75) is 6.42 Å². The normalized spacial score (nSPS) is 15.2. The van der Waals surface area contributed by atoms with Gasteiger partial charge in [0.1, 0.15) is 5.82 Å². The predicted molar refractivity (Wildman–Crippen MR) is 111 cm³/mol. The second-order valence-corrected chi connectivity index (χ2v) is 7.05. The van der Waals surface area contributed by atoms with Gasteiger partial charge in [-0.3, -0.25) is 9.69 Å². The molecule has 0 aromatic heterocycles. The van der Waals surface area contributed by atoms with Gasteiger partial charge in [-0.2, -0.15) is 0 Å². The number of halogens is 1. The van der Waals surface area contributed by atoms with E-state index in [9.17, 15) is 9.18 Å². The molecule has 2 aromatic rings. The van der Waals surface area contributed by atoms with Gasteiger partial charge >= 0.3 is 0 Å². The molecule has 3 rings (SSSR count). The maximum atomic E-state index is 12.9. The number of amides is 1. The smallest absolute Gasteiger partial charge is 0.236 e. The summed E-state index contributed by atoms with van der Waals surface area (Å²) in [5.74, 6) is -0.0693. The molecule has 1 aliphatic heterocycles. The van der Waals surface area contributed by atoms with E-state index in [0.717, 1.165) is 44.7 Å². The van der Waals surface area contributed by atoms with Crippen molar-refractivity contribution in [3.63, 3.8) is 0 Å². The highest BCUT2D eigenvalue weighted by Crippen LogP contribution is 2.05. The number of hydrogen-bond acceptors (Lipinski definition) is 3. The van der Waals surface area contributed by atoms with E-state index >= 15 is 0 Å². The van der Waals surface area contributed by atoms with Crippen molar-refractivity contribution < 1.29 is 9.18 Å². The van der Waals surface area contributed by atoms with E-state index in [2.05, 4.69) is 34.5 Å². The predicted octanol–water partition coefficient (Wildman–Crippen LogP) is 2.82. The van der Waals surface area contributed by atoms with Crippen molar-refractivity contribution in [2.24, 2.45) is 0 Å². The summed E-state index contributed by atoms with van der Waals surface area (Å²) in [6.45, 7) is 5.33. The zero-order chi connectivity index (χ0) is 19.6. The third-order valence-electron chi connectivity index (χ3n) is 4.98. The zero-order valence-corrected chi connectivity index (χ0v) is 16.2. The fraction of sp³-hybridized carbons (Fsp3) is 0.348. The number of carbonyl (C=O) groups is 1. The molecule has 0 atom stereocenters. The minimum absolute atomic E-state index is 0.151. The Balaban J connectivity index is 1.30. The Labute approximate surface area is 166 Å². The van der Waals surface area contributed by atoms with Crippen LogP contribution in [0.2, 0.25) is 0 Å². The van der Waals surface area contributed by atoms with Crippen LogP contribution in [0.4, 0.5) is 4.39 Å². The first-order valence-electron chi connectivity index (χ1n) is 9.87. The molecule has 5 heteroatoms. The van der Waals surface area contributed by atoms with Gasteiger partial charge in [0.2, 0.25) is 5.91 Å². The highest BCUT2D eigenvalue weighted by atomic mass is 19.1. The van der Waals surface area contributed by atoms with Gasteiger partial charge in [-0.1, -0.05) is 54.6 Å². The molecule has 0 unspecified atom stereocenters. The number of rotatable bonds is 8. The average Bonchev–Trinajstić information content (AvgIpc) is 2.73. The molecule has 0 saturated carbocycles. The topological polar surface area (TPSA) is 35.6 Å². The van der Waals surface area contributed by atoms with Crippen LogP contribution >= 0.6 is 0 Å². The molecule has 0 radical (unpaired) electrons. The first-order valence-corrected chi connectivity index (χ1v) is 9.87. The van der Waals surface area contributed by atoms with Crippen LogP contribution in [0.1, 0.15) is 11.1 Å². The summed E-state index contributed by atoms with van der Waals surface area (Å²) in [6, 6.07) is 16.8. The first kappa shape index (κ1) is 20.2. The van der Waals surface area contributed by atoms with E-state index in [-0.39, 0.29) is 11.7 Å². The number of hydrogen-bond donors (Lipinski definition) is 1. The van der Waals surface area contributed by atoms with Crippen LogP contribution in [-0.2, 0) is 11.2 Å². The van der Waals surface area contributed by atoms with Crippen LogP contribution in [-0.4, -0.2) is 61.5 Å². The molecule has 4 nitrogen and oxygen atoms in total. The second-order valence-electron chi connectivity index (χ2n) is 7.05. The molecule has 1 fully saturated rings. The minimum Gasteiger partial charge on any atom is -0.339 e. The fourth-order valence-corrected chi connectivity index (χ4v) is 3.27. The average molecular weight is 381 g/mol. The van der Waals surface area contributed by atoms with Crippen LogP contribution in [0.25, 0.3) is 6.08 Å². The Morgan fingerprint density at radius 1 is 1.00 bits per heavy atom. The molecule has 148 valence electrons. The highest BCUT2D eigenvalue weighted by Gasteiger charge is 2.19. The van der Waals surface area contributed by atoms with Crippen molar-refractivity contribution >= 4 is 12.0 Å². The lowest BCUT2D eigenvalue weighted by molar-refractivity contribution is -0.131. The molecule has 1 N–H and O–H groups in total. The maximum absolute atomic E-state index is 12.9. The SMILES string of the molecule is O=C(CNCCc1ccc(F)cc1)N1CCN(C/C=C/c2ccccc2)CC1. The summed E-state index contributed by atoms with van der Waals surface area (Å²) in [4.78, 5) is 16.6. The summed E-state index contributed by atoms with van der Waals surface area (Å²) < 4.78 is 12.9. The van der Waals surface area contributed by atoms with Gasteiger partial charge in [0.05, 0.1) is 6.54 Å². The molecule has 1 aliphatic rings. The highest BCUT2D eigenvalue weighted by molar-refractivity contribution is 5.78. The van der Waals surface area contributed by atoms with Crippen molar-refractivity contribution in [3.8, 4) is 0 Å². The molecular formula is C23H28FN3O. The molecule has 2 aromatic carbocycles. The minimum atomic E-state index is -0.221. The summed E-state index contributed by atoms with van der Waals surface area (Å²) in [6.07, 6.45) is 5.11. The lowest BCUT2D eigenvalue weighted by Crippen LogP contribution is -2.50. The molecule has 1 heterocycles. The lowest BCUT2D eigenvalue weighted by atomic mass is 10.1. The Hall–Kier alpha value is -2.50. The van der Waals surface area contributed by atoms with Crippen LogP contribution in [0.3, 0.4) is 0 Å². The van der Waals surface area contributed by atoms with Crippen molar-refractivity contribution in [3.05, 3.63) is 77.6 Å². The third kappa shape index (κ3) is 6.59. The Bertz CT molecular complexity index is 753. The number of benzene rings is 2. The maximum Gasteiger partial charge on any atom is 0.236 e. The van der Waals surface area contributed by atoms with Gasteiger partial charge in [-0.25, -0.2) is 4.39 Å². The van der Waals surface area contributed by atoms with Gasteiger partial charge in [-0.15, -0.1) is 0 Å².